The van der Waals surface area contributed by atoms with Gasteiger partial charge in [-0.1, -0.05) is 6.07 Å². The average molecular weight is 191 g/mol. The van der Waals surface area contributed by atoms with Crippen LogP contribution in [0.25, 0.3) is 0 Å². The van der Waals surface area contributed by atoms with Crippen LogP contribution < -0.4 is 4.18 Å². The number of hydrogen-bond acceptors (Lipinski definition) is 4. The molecule has 60 valence electrons. The van der Waals surface area contributed by atoms with E-state index in [1.54, 1.807) is 0 Å². The SMILES string of the molecule is O=[S-](=S)Oc1cccc(F)c1. The summed E-state index contributed by atoms with van der Waals surface area (Å²) in [4.78, 5) is 0. The molecule has 0 bridgehead atoms. The first-order valence-electron chi connectivity index (χ1n) is 2.71. The molecule has 11 heavy (non-hydrogen) atoms. The molecule has 0 aliphatic rings. The van der Waals surface area contributed by atoms with Gasteiger partial charge < -0.3 is 8.39 Å². The third kappa shape index (κ3) is 2.81. The molecule has 2 nitrogen and oxygen atoms in total. The minimum atomic E-state index is -1.81. The summed E-state index contributed by atoms with van der Waals surface area (Å²) in [6, 6.07) is 5.31. The fraction of sp³-hybridized carbons (Fsp3) is 0. The molecule has 0 N–H and O–H groups in total. The van der Waals surface area contributed by atoms with Crippen LogP contribution >= 0.6 is 0 Å². The first kappa shape index (κ1) is 8.42. The second-order valence-electron chi connectivity index (χ2n) is 1.74. The Balaban J connectivity index is 2.87. The van der Waals surface area contributed by atoms with Crippen molar-refractivity contribution in [3.05, 3.63) is 30.1 Å². The first-order chi connectivity index (χ1) is 5.18. The number of hydrogen-bond donors (Lipinski definition) is 0. The predicted octanol–water partition coefficient (Wildman–Crippen LogP) is 1.55. The largest absolute Gasteiger partial charge is 0.551 e. The molecule has 0 atom stereocenters. The maximum absolute atomic E-state index is 12.4. The molecule has 0 aliphatic heterocycles. The molecule has 1 aromatic carbocycles. The smallest absolute Gasteiger partial charge is 0.126 e. The minimum absolute atomic E-state index is 0.179. The van der Waals surface area contributed by atoms with Crippen LogP contribution in [0, 0.1) is 5.82 Å². The van der Waals surface area contributed by atoms with Crippen LogP contribution in [0.5, 0.6) is 5.75 Å². The van der Waals surface area contributed by atoms with Crippen LogP contribution in [0.3, 0.4) is 0 Å². The van der Waals surface area contributed by atoms with Gasteiger partial charge in [-0.3, -0.25) is 0 Å². The third-order valence-electron chi connectivity index (χ3n) is 0.960. The van der Waals surface area contributed by atoms with Crippen molar-refractivity contribution in [2.45, 2.75) is 0 Å². The van der Waals surface area contributed by atoms with E-state index < -0.39 is 15.5 Å². The topological polar surface area (TPSA) is 26.3 Å². The van der Waals surface area contributed by atoms with Crippen LogP contribution in [-0.2, 0) is 25.0 Å². The van der Waals surface area contributed by atoms with Crippen LogP contribution in [-0.4, -0.2) is 0 Å². The Labute approximate surface area is 69.9 Å². The normalized spacial score (nSPS) is 10.0. The molecule has 0 saturated heterocycles. The Hall–Kier alpha value is -0.680. The van der Waals surface area contributed by atoms with Gasteiger partial charge in [0.25, 0.3) is 0 Å². The maximum Gasteiger partial charge on any atom is 0.126 e. The quantitative estimate of drug-likeness (QED) is 0.663. The van der Waals surface area contributed by atoms with Crippen molar-refractivity contribution in [1.29, 1.82) is 0 Å². The summed E-state index contributed by atoms with van der Waals surface area (Å²) in [5.74, 6) is -0.263. The summed E-state index contributed by atoms with van der Waals surface area (Å²) in [6.45, 7) is 0. The van der Waals surface area contributed by atoms with E-state index >= 15 is 0 Å². The molecule has 1 aromatic rings. The summed E-state index contributed by atoms with van der Waals surface area (Å²) < 4.78 is 27.3. The van der Waals surface area contributed by atoms with E-state index in [0.29, 0.717) is 0 Å². The molecule has 0 saturated carbocycles. The van der Waals surface area contributed by atoms with Gasteiger partial charge in [-0.25, -0.2) is 4.39 Å². The maximum atomic E-state index is 12.4. The zero-order chi connectivity index (χ0) is 8.27. The Bertz CT molecular complexity index is 314. The van der Waals surface area contributed by atoms with Crippen LogP contribution in [0.15, 0.2) is 24.3 Å². The molecule has 0 radical (unpaired) electrons. The lowest BCUT2D eigenvalue weighted by Gasteiger charge is -2.05. The second kappa shape index (κ2) is 3.64. The minimum Gasteiger partial charge on any atom is -0.551 e. The van der Waals surface area contributed by atoms with Gasteiger partial charge in [-0.05, 0) is 21.8 Å². The number of halogens is 1. The van der Waals surface area contributed by atoms with Gasteiger partial charge in [0.15, 0.2) is 0 Å². The lowest BCUT2D eigenvalue weighted by atomic mass is 10.3. The molecule has 0 unspecified atom stereocenters. The van der Waals surface area contributed by atoms with E-state index in [-0.39, 0.29) is 5.75 Å². The highest BCUT2D eigenvalue weighted by molar-refractivity contribution is 8.19. The Morgan fingerprint density at radius 2 is 2.27 bits per heavy atom. The Morgan fingerprint density at radius 1 is 1.55 bits per heavy atom. The van der Waals surface area contributed by atoms with Crippen LogP contribution in [0.4, 0.5) is 4.39 Å². The predicted molar refractivity (Wildman–Crippen MR) is 42.4 cm³/mol. The van der Waals surface area contributed by atoms with Crippen molar-refractivity contribution in [1.82, 2.24) is 0 Å². The molecule has 0 aliphatic carbocycles. The van der Waals surface area contributed by atoms with Crippen LogP contribution in [0.1, 0.15) is 0 Å². The molecule has 1 rings (SSSR count). The highest BCUT2D eigenvalue weighted by Gasteiger charge is 1.90. The van der Waals surface area contributed by atoms with Crippen molar-refractivity contribution in [3.8, 4) is 5.75 Å². The molecule has 0 fully saturated rings. The summed E-state index contributed by atoms with van der Waals surface area (Å²) >= 11 is 4.23. The van der Waals surface area contributed by atoms with E-state index in [2.05, 4.69) is 15.4 Å². The van der Waals surface area contributed by atoms with E-state index in [0.717, 1.165) is 6.07 Å². The first-order valence-corrected chi connectivity index (χ1v) is 4.71. The van der Waals surface area contributed by atoms with Gasteiger partial charge >= 0.3 is 0 Å². The highest BCUT2D eigenvalue weighted by Crippen LogP contribution is 2.11. The average Bonchev–Trinajstić information content (AvgIpc) is 1.85. The van der Waals surface area contributed by atoms with Gasteiger partial charge in [-0.2, -0.15) is 11.2 Å². The zero-order valence-electron chi connectivity index (χ0n) is 5.32. The molecular formula is C6H4FO2S2-. The zero-order valence-corrected chi connectivity index (χ0v) is 6.95. The van der Waals surface area contributed by atoms with Crippen molar-refractivity contribution >= 4 is 20.8 Å². The van der Waals surface area contributed by atoms with Gasteiger partial charge in [-0.15, -0.1) is 0 Å². The number of benzene rings is 1. The van der Waals surface area contributed by atoms with E-state index in [1.165, 1.54) is 18.2 Å². The fourth-order valence-electron chi connectivity index (χ4n) is 0.597. The summed E-state index contributed by atoms with van der Waals surface area (Å²) in [5, 5.41) is 0. The molecule has 0 spiro atoms. The lowest BCUT2D eigenvalue weighted by Crippen LogP contribution is -1.87. The van der Waals surface area contributed by atoms with E-state index in [1.807, 2.05) is 0 Å². The van der Waals surface area contributed by atoms with Gasteiger partial charge in [0.1, 0.15) is 11.6 Å². The van der Waals surface area contributed by atoms with Crippen LogP contribution in [0.2, 0.25) is 0 Å². The molecule has 5 heteroatoms. The second-order valence-corrected chi connectivity index (χ2v) is 3.14. The van der Waals surface area contributed by atoms with E-state index in [4.69, 9.17) is 0 Å². The Morgan fingerprint density at radius 3 is 2.82 bits per heavy atom. The van der Waals surface area contributed by atoms with Gasteiger partial charge in [0.05, 0.1) is 0 Å². The van der Waals surface area contributed by atoms with Crippen molar-refractivity contribution in [3.63, 3.8) is 0 Å². The Kier molecular flexibility index (Phi) is 2.78. The van der Waals surface area contributed by atoms with Gasteiger partial charge in [0.2, 0.25) is 0 Å². The molecule has 0 aromatic heterocycles. The fourth-order valence-corrected chi connectivity index (χ4v) is 1.09. The van der Waals surface area contributed by atoms with Gasteiger partial charge in [0, 0.05) is 6.07 Å². The number of rotatable bonds is 2. The lowest BCUT2D eigenvalue weighted by molar-refractivity contribution is 0.531. The van der Waals surface area contributed by atoms with Crippen molar-refractivity contribution in [2.75, 3.05) is 0 Å². The molecule has 0 amide bonds. The third-order valence-corrected chi connectivity index (χ3v) is 1.49. The summed E-state index contributed by atoms with van der Waals surface area (Å²) in [7, 11) is -1.81. The van der Waals surface area contributed by atoms with Crippen molar-refractivity contribution < 1.29 is 12.8 Å². The van der Waals surface area contributed by atoms with Crippen molar-refractivity contribution in [2.24, 2.45) is 0 Å². The summed E-state index contributed by atoms with van der Waals surface area (Å²) in [5.41, 5.74) is 0. The molecule has 0 heterocycles. The standard InChI is InChI=1S/C6H4FO2S2/c7-5-2-1-3-6(4-5)9-11(8)10/h1-4H/q-1. The van der Waals surface area contributed by atoms with E-state index in [9.17, 15) is 8.60 Å². The molecular weight excluding hydrogens is 187 g/mol. The highest BCUT2D eigenvalue weighted by atomic mass is 32.8. The monoisotopic (exact) mass is 191 g/mol. The summed E-state index contributed by atoms with van der Waals surface area (Å²) in [6.07, 6.45) is 0.